The summed E-state index contributed by atoms with van der Waals surface area (Å²) in [5.74, 6) is 1.48. The van der Waals surface area contributed by atoms with E-state index in [1.54, 1.807) is 5.57 Å². The molecule has 2 bridgehead atoms. The largest absolute Gasteiger partial charge is 0.0778 e. The van der Waals surface area contributed by atoms with Gasteiger partial charge in [-0.05, 0) is 24.7 Å². The summed E-state index contributed by atoms with van der Waals surface area (Å²) in [5.41, 5.74) is 1.63. The van der Waals surface area contributed by atoms with Crippen molar-refractivity contribution in [1.29, 1.82) is 0 Å². The van der Waals surface area contributed by atoms with Crippen LogP contribution < -0.4 is 0 Å². The zero-order valence-corrected chi connectivity index (χ0v) is 6.96. The van der Waals surface area contributed by atoms with Crippen LogP contribution in [-0.4, -0.2) is 0 Å². The van der Waals surface area contributed by atoms with E-state index in [0.717, 1.165) is 11.8 Å². The molecular weight excluding hydrogens is 132 g/mol. The molecule has 0 aromatic carbocycles. The van der Waals surface area contributed by atoms with E-state index in [4.69, 9.17) is 0 Å². The van der Waals surface area contributed by atoms with Gasteiger partial charge >= 0.3 is 0 Å². The predicted octanol–water partition coefficient (Wildman–Crippen LogP) is 3.08. The van der Waals surface area contributed by atoms with Crippen molar-refractivity contribution >= 4 is 0 Å². The zero-order chi connectivity index (χ0) is 7.68. The lowest BCUT2D eigenvalue weighted by Gasteiger charge is -2.06. The van der Waals surface area contributed by atoms with Crippen LogP contribution in [0.4, 0.5) is 0 Å². The molecule has 0 amide bonds. The highest BCUT2D eigenvalue weighted by Gasteiger charge is 2.22. The van der Waals surface area contributed by atoms with Crippen molar-refractivity contribution in [1.82, 2.24) is 0 Å². The molecule has 2 unspecified atom stereocenters. The molecule has 0 nitrogen and oxygen atoms in total. The fraction of sp³-hybridized carbons (Fsp3) is 0.455. The van der Waals surface area contributed by atoms with Crippen molar-refractivity contribution in [3.8, 4) is 0 Å². The number of hydrogen-bond donors (Lipinski definition) is 0. The van der Waals surface area contributed by atoms with Crippen LogP contribution in [0.15, 0.2) is 36.0 Å². The maximum atomic E-state index is 2.44. The second-order valence-electron chi connectivity index (χ2n) is 3.37. The molecule has 2 aliphatic rings. The Bertz CT molecular complexity index is 230. The highest BCUT2D eigenvalue weighted by Crippen LogP contribution is 2.35. The fourth-order valence-corrected chi connectivity index (χ4v) is 2.03. The van der Waals surface area contributed by atoms with Crippen molar-refractivity contribution in [2.24, 2.45) is 11.8 Å². The number of fused-ring (bicyclic) bond motifs is 2. The van der Waals surface area contributed by atoms with E-state index in [9.17, 15) is 0 Å². The van der Waals surface area contributed by atoms with Gasteiger partial charge in [-0.2, -0.15) is 0 Å². The van der Waals surface area contributed by atoms with Crippen LogP contribution in [0.2, 0.25) is 0 Å². The third kappa shape index (κ3) is 1.18. The maximum absolute atomic E-state index is 2.44. The van der Waals surface area contributed by atoms with E-state index in [-0.39, 0.29) is 0 Å². The van der Waals surface area contributed by atoms with Crippen LogP contribution in [0.1, 0.15) is 19.8 Å². The first kappa shape index (κ1) is 6.90. The molecule has 0 heterocycles. The lowest BCUT2D eigenvalue weighted by Crippen LogP contribution is -1.94. The lowest BCUT2D eigenvalue weighted by molar-refractivity contribution is 0.656. The second-order valence-corrected chi connectivity index (χ2v) is 3.37. The average Bonchev–Trinajstić information content (AvgIpc) is 2.22. The summed E-state index contributed by atoms with van der Waals surface area (Å²) >= 11 is 0. The van der Waals surface area contributed by atoms with Gasteiger partial charge in [-0.15, -0.1) is 0 Å². The van der Waals surface area contributed by atoms with Gasteiger partial charge in [0.15, 0.2) is 0 Å². The molecule has 0 spiro atoms. The average molecular weight is 146 g/mol. The summed E-state index contributed by atoms with van der Waals surface area (Å²) in [5, 5.41) is 0. The van der Waals surface area contributed by atoms with Gasteiger partial charge in [0.25, 0.3) is 0 Å². The van der Waals surface area contributed by atoms with Crippen molar-refractivity contribution in [2.45, 2.75) is 19.8 Å². The van der Waals surface area contributed by atoms with Gasteiger partial charge in [-0.3, -0.25) is 0 Å². The van der Waals surface area contributed by atoms with Gasteiger partial charge in [0.2, 0.25) is 0 Å². The van der Waals surface area contributed by atoms with E-state index < -0.39 is 0 Å². The molecular formula is C11H14. The van der Waals surface area contributed by atoms with Crippen LogP contribution in [0, 0.1) is 11.8 Å². The monoisotopic (exact) mass is 146 g/mol. The molecule has 0 aliphatic heterocycles. The molecule has 0 fully saturated rings. The van der Waals surface area contributed by atoms with Gasteiger partial charge in [0.05, 0.1) is 0 Å². The smallest absolute Gasteiger partial charge is 0.00115 e. The Hall–Kier alpha value is -0.780. The predicted molar refractivity (Wildman–Crippen MR) is 48.3 cm³/mol. The normalized spacial score (nSPS) is 33.7. The zero-order valence-electron chi connectivity index (χ0n) is 6.96. The molecule has 11 heavy (non-hydrogen) atoms. The minimum atomic E-state index is 0.727. The molecule has 0 radical (unpaired) electrons. The molecule has 2 atom stereocenters. The quantitative estimate of drug-likeness (QED) is 0.499. The Morgan fingerprint density at radius 2 is 2.18 bits per heavy atom. The van der Waals surface area contributed by atoms with E-state index in [1.807, 2.05) is 0 Å². The van der Waals surface area contributed by atoms with E-state index >= 15 is 0 Å². The molecule has 0 N–H and O–H groups in total. The second kappa shape index (κ2) is 2.69. The van der Waals surface area contributed by atoms with Crippen LogP contribution in [0.3, 0.4) is 0 Å². The van der Waals surface area contributed by atoms with Crippen molar-refractivity contribution < 1.29 is 0 Å². The Morgan fingerprint density at radius 3 is 3.00 bits per heavy atom. The summed E-state index contributed by atoms with van der Waals surface area (Å²) in [7, 11) is 0. The standard InChI is InChI=1S/C11H14/c1-2-10-7-9-5-3-4-6-11(10)8-9/h3-7,9,11H,2,8H2,1H3. The maximum Gasteiger partial charge on any atom is -0.00115 e. The highest BCUT2D eigenvalue weighted by atomic mass is 14.3. The lowest BCUT2D eigenvalue weighted by atomic mass is 9.99. The number of allylic oxidation sites excluding steroid dienone is 6. The van der Waals surface area contributed by atoms with E-state index in [2.05, 4.69) is 37.3 Å². The summed E-state index contributed by atoms with van der Waals surface area (Å²) < 4.78 is 0. The van der Waals surface area contributed by atoms with Crippen LogP contribution in [0.25, 0.3) is 0 Å². The number of hydrogen-bond acceptors (Lipinski definition) is 0. The third-order valence-electron chi connectivity index (χ3n) is 2.65. The van der Waals surface area contributed by atoms with Crippen LogP contribution in [0.5, 0.6) is 0 Å². The SMILES string of the molecule is CCC1=CC2C=CC=CC1C2. The van der Waals surface area contributed by atoms with Crippen LogP contribution in [-0.2, 0) is 0 Å². The summed E-state index contributed by atoms with van der Waals surface area (Å²) in [4.78, 5) is 0. The van der Waals surface area contributed by atoms with Gasteiger partial charge in [0.1, 0.15) is 0 Å². The minimum Gasteiger partial charge on any atom is -0.0778 e. The van der Waals surface area contributed by atoms with Crippen molar-refractivity contribution in [3.05, 3.63) is 36.0 Å². The summed E-state index contributed by atoms with van der Waals surface area (Å²) in [6.07, 6.45) is 14.0. The van der Waals surface area contributed by atoms with Gasteiger partial charge in [-0.1, -0.05) is 42.9 Å². The molecule has 0 aromatic rings. The summed E-state index contributed by atoms with van der Waals surface area (Å²) in [6.45, 7) is 2.25. The van der Waals surface area contributed by atoms with Crippen LogP contribution >= 0.6 is 0 Å². The minimum absolute atomic E-state index is 0.727. The van der Waals surface area contributed by atoms with Crippen molar-refractivity contribution in [2.75, 3.05) is 0 Å². The molecule has 0 saturated carbocycles. The summed E-state index contributed by atoms with van der Waals surface area (Å²) in [6, 6.07) is 0. The molecule has 0 aromatic heterocycles. The Kier molecular flexibility index (Phi) is 1.69. The molecule has 58 valence electrons. The van der Waals surface area contributed by atoms with E-state index in [1.165, 1.54) is 12.8 Å². The van der Waals surface area contributed by atoms with Gasteiger partial charge < -0.3 is 0 Å². The van der Waals surface area contributed by atoms with Gasteiger partial charge in [-0.25, -0.2) is 0 Å². The highest BCUT2D eigenvalue weighted by molar-refractivity contribution is 5.28. The Labute approximate surface area is 68.3 Å². The molecule has 2 aliphatic carbocycles. The first-order chi connectivity index (χ1) is 5.40. The number of rotatable bonds is 1. The van der Waals surface area contributed by atoms with E-state index in [0.29, 0.717) is 0 Å². The first-order valence-corrected chi connectivity index (χ1v) is 4.45. The Balaban J connectivity index is 2.27. The third-order valence-corrected chi connectivity index (χ3v) is 2.65. The van der Waals surface area contributed by atoms with Crippen molar-refractivity contribution in [3.63, 3.8) is 0 Å². The molecule has 0 heteroatoms. The first-order valence-electron chi connectivity index (χ1n) is 4.45. The molecule has 2 rings (SSSR count). The fourth-order valence-electron chi connectivity index (χ4n) is 2.03. The molecule has 0 saturated heterocycles. The Morgan fingerprint density at radius 1 is 1.36 bits per heavy atom. The van der Waals surface area contributed by atoms with Gasteiger partial charge in [0, 0.05) is 0 Å². The topological polar surface area (TPSA) is 0 Å².